The van der Waals surface area contributed by atoms with Crippen LogP contribution in [0.1, 0.15) is 63.4 Å². The number of hydrogen-bond acceptors (Lipinski definition) is 3. The quantitative estimate of drug-likeness (QED) is 0.563. The van der Waals surface area contributed by atoms with E-state index in [9.17, 15) is 4.79 Å². The third-order valence-corrected chi connectivity index (χ3v) is 5.77. The summed E-state index contributed by atoms with van der Waals surface area (Å²) in [6.07, 6.45) is 7.99. The molecule has 0 N–H and O–H groups in total. The molecule has 1 aromatic rings. The zero-order valence-corrected chi connectivity index (χ0v) is 14.3. The van der Waals surface area contributed by atoms with Crippen molar-refractivity contribution in [3.05, 3.63) is 29.8 Å². The molecule has 1 spiro atoms. The molecule has 1 aromatic carbocycles. The summed E-state index contributed by atoms with van der Waals surface area (Å²) in [5.41, 5.74) is 1.69. The largest absolute Gasteiger partial charge is 0.494 e. The Kier molecular flexibility index (Phi) is 4.93. The maximum Gasteiger partial charge on any atom is 0.309 e. The maximum absolute atomic E-state index is 11.7. The highest BCUT2D eigenvalue weighted by atomic mass is 16.5. The van der Waals surface area contributed by atoms with Gasteiger partial charge in [-0.2, -0.15) is 0 Å². The lowest BCUT2D eigenvalue weighted by molar-refractivity contribution is -0.143. The molecule has 2 saturated carbocycles. The lowest BCUT2D eigenvalue weighted by Gasteiger charge is -2.29. The molecule has 126 valence electrons. The van der Waals surface area contributed by atoms with Crippen LogP contribution in [0, 0.1) is 11.3 Å². The minimum atomic E-state index is -0.00275. The van der Waals surface area contributed by atoms with Crippen molar-refractivity contribution in [1.29, 1.82) is 0 Å². The molecule has 1 unspecified atom stereocenters. The van der Waals surface area contributed by atoms with Gasteiger partial charge < -0.3 is 9.47 Å². The Hall–Kier alpha value is -1.51. The average molecular weight is 316 g/mol. The molecule has 1 atom stereocenters. The lowest BCUT2D eigenvalue weighted by Crippen LogP contribution is -2.19. The van der Waals surface area contributed by atoms with Crippen molar-refractivity contribution in [3.8, 4) is 5.75 Å². The van der Waals surface area contributed by atoms with Crippen molar-refractivity contribution in [2.45, 2.75) is 57.8 Å². The van der Waals surface area contributed by atoms with E-state index in [4.69, 9.17) is 9.47 Å². The summed E-state index contributed by atoms with van der Waals surface area (Å²) >= 11 is 0. The number of carbonyl (C=O) groups is 1. The van der Waals surface area contributed by atoms with Crippen LogP contribution in [0.5, 0.6) is 5.75 Å². The third kappa shape index (κ3) is 3.54. The first-order chi connectivity index (χ1) is 11.2. The molecule has 0 saturated heterocycles. The smallest absolute Gasteiger partial charge is 0.309 e. The average Bonchev–Trinajstić information content (AvgIpc) is 3.29. The van der Waals surface area contributed by atoms with Gasteiger partial charge in [-0.1, -0.05) is 25.5 Å². The van der Waals surface area contributed by atoms with Gasteiger partial charge in [-0.3, -0.25) is 4.79 Å². The Bertz CT molecular complexity index is 526. The van der Waals surface area contributed by atoms with Gasteiger partial charge in [0.1, 0.15) is 5.75 Å². The second-order valence-corrected chi connectivity index (χ2v) is 7.19. The van der Waals surface area contributed by atoms with Gasteiger partial charge in [0, 0.05) is 0 Å². The van der Waals surface area contributed by atoms with Crippen LogP contribution in [0.2, 0.25) is 0 Å². The van der Waals surface area contributed by atoms with E-state index in [0.717, 1.165) is 44.5 Å². The number of rotatable bonds is 6. The van der Waals surface area contributed by atoms with Crippen molar-refractivity contribution in [1.82, 2.24) is 0 Å². The topological polar surface area (TPSA) is 35.5 Å². The summed E-state index contributed by atoms with van der Waals surface area (Å²) < 4.78 is 10.6. The Balaban J connectivity index is 1.51. The van der Waals surface area contributed by atoms with Crippen LogP contribution in [0.15, 0.2) is 24.3 Å². The van der Waals surface area contributed by atoms with Crippen molar-refractivity contribution >= 4 is 5.97 Å². The number of esters is 1. The molecule has 2 aliphatic carbocycles. The summed E-state index contributed by atoms with van der Waals surface area (Å²) in [6.45, 7) is 2.98. The van der Waals surface area contributed by atoms with E-state index < -0.39 is 0 Å². The van der Waals surface area contributed by atoms with Crippen LogP contribution in [-0.4, -0.2) is 19.7 Å². The van der Waals surface area contributed by atoms with Gasteiger partial charge >= 0.3 is 5.97 Å². The van der Waals surface area contributed by atoms with E-state index in [2.05, 4.69) is 31.2 Å². The van der Waals surface area contributed by atoms with Gasteiger partial charge in [0.05, 0.1) is 19.6 Å². The molecule has 0 radical (unpaired) electrons. The molecule has 3 nitrogen and oxygen atoms in total. The third-order valence-electron chi connectivity index (χ3n) is 5.77. The van der Waals surface area contributed by atoms with Crippen LogP contribution in [0.25, 0.3) is 0 Å². The first-order valence-electron chi connectivity index (χ1n) is 8.99. The van der Waals surface area contributed by atoms with E-state index in [0.29, 0.717) is 5.92 Å². The molecule has 0 heterocycles. The predicted octanol–water partition coefficient (Wildman–Crippen LogP) is 4.70. The Morgan fingerprint density at radius 2 is 1.91 bits per heavy atom. The number of unbranched alkanes of at least 4 members (excludes halogenated alkanes) is 1. The summed E-state index contributed by atoms with van der Waals surface area (Å²) in [4.78, 5) is 11.7. The summed E-state index contributed by atoms with van der Waals surface area (Å²) in [5, 5.41) is 0. The molecule has 23 heavy (non-hydrogen) atoms. The second kappa shape index (κ2) is 6.94. The Morgan fingerprint density at radius 1 is 1.22 bits per heavy atom. The standard InChI is InChI=1S/C20H28O3/c1-3-4-13-23-17-7-5-15(6-8-17)16-9-11-20(12-10-16)14-18(20)19(21)22-2/h5-8,16,18H,3-4,9-14H2,1-2H3. The first kappa shape index (κ1) is 16.4. The van der Waals surface area contributed by atoms with Crippen molar-refractivity contribution in [3.63, 3.8) is 0 Å². The van der Waals surface area contributed by atoms with Crippen molar-refractivity contribution in [2.24, 2.45) is 11.3 Å². The van der Waals surface area contributed by atoms with E-state index in [1.807, 2.05) is 0 Å². The highest BCUT2D eigenvalue weighted by molar-refractivity contribution is 5.76. The Labute approximate surface area is 139 Å². The SMILES string of the molecule is CCCCOc1ccc(C2CCC3(CC2)CC3C(=O)OC)cc1. The highest BCUT2D eigenvalue weighted by Crippen LogP contribution is 2.63. The van der Waals surface area contributed by atoms with Crippen molar-refractivity contribution in [2.75, 3.05) is 13.7 Å². The number of hydrogen-bond donors (Lipinski definition) is 0. The first-order valence-corrected chi connectivity index (χ1v) is 8.99. The molecular formula is C20H28O3. The van der Waals surface area contributed by atoms with Crippen LogP contribution in [0.3, 0.4) is 0 Å². The molecule has 0 aromatic heterocycles. The molecule has 0 aliphatic heterocycles. The molecule has 0 amide bonds. The zero-order chi connectivity index (χ0) is 16.3. The van der Waals surface area contributed by atoms with Gasteiger partial charge in [-0.15, -0.1) is 0 Å². The minimum Gasteiger partial charge on any atom is -0.494 e. The van der Waals surface area contributed by atoms with E-state index in [-0.39, 0.29) is 17.3 Å². The van der Waals surface area contributed by atoms with E-state index in [1.165, 1.54) is 25.5 Å². The maximum atomic E-state index is 11.7. The number of methoxy groups -OCH3 is 1. The van der Waals surface area contributed by atoms with Gasteiger partial charge in [0.25, 0.3) is 0 Å². The molecule has 3 heteroatoms. The molecule has 2 aliphatic rings. The zero-order valence-electron chi connectivity index (χ0n) is 14.3. The monoisotopic (exact) mass is 316 g/mol. The van der Waals surface area contributed by atoms with Crippen LogP contribution in [-0.2, 0) is 9.53 Å². The molecule has 3 rings (SSSR count). The molecular weight excluding hydrogens is 288 g/mol. The fourth-order valence-electron chi connectivity index (χ4n) is 4.07. The lowest BCUT2D eigenvalue weighted by atomic mass is 9.76. The molecule has 2 fully saturated rings. The van der Waals surface area contributed by atoms with Crippen LogP contribution >= 0.6 is 0 Å². The summed E-state index contributed by atoms with van der Waals surface area (Å²) in [7, 11) is 1.50. The second-order valence-electron chi connectivity index (χ2n) is 7.19. The molecule has 0 bridgehead atoms. The minimum absolute atomic E-state index is 0.00275. The van der Waals surface area contributed by atoms with E-state index in [1.54, 1.807) is 0 Å². The predicted molar refractivity (Wildman–Crippen MR) is 90.6 cm³/mol. The fourth-order valence-corrected chi connectivity index (χ4v) is 4.07. The Morgan fingerprint density at radius 3 is 2.52 bits per heavy atom. The number of ether oxygens (including phenoxy) is 2. The highest BCUT2D eigenvalue weighted by Gasteiger charge is 2.59. The summed E-state index contributed by atoms with van der Waals surface area (Å²) in [5.74, 6) is 1.77. The van der Waals surface area contributed by atoms with Crippen LogP contribution in [0.4, 0.5) is 0 Å². The van der Waals surface area contributed by atoms with Gasteiger partial charge in [0.15, 0.2) is 0 Å². The van der Waals surface area contributed by atoms with Gasteiger partial charge in [0.2, 0.25) is 0 Å². The number of benzene rings is 1. The normalized spacial score (nSPS) is 29.3. The number of carbonyl (C=O) groups excluding carboxylic acids is 1. The fraction of sp³-hybridized carbons (Fsp3) is 0.650. The van der Waals surface area contributed by atoms with Gasteiger partial charge in [-0.05, 0) is 67.6 Å². The van der Waals surface area contributed by atoms with E-state index >= 15 is 0 Å². The van der Waals surface area contributed by atoms with Crippen LogP contribution < -0.4 is 4.74 Å². The van der Waals surface area contributed by atoms with Gasteiger partial charge in [-0.25, -0.2) is 0 Å². The van der Waals surface area contributed by atoms with Crippen molar-refractivity contribution < 1.29 is 14.3 Å². The summed E-state index contributed by atoms with van der Waals surface area (Å²) in [6, 6.07) is 8.64.